The Hall–Kier alpha value is -8.59. The van der Waals surface area contributed by atoms with E-state index in [9.17, 15) is 0 Å². The molecule has 3 heterocycles. The van der Waals surface area contributed by atoms with Crippen LogP contribution in [0.4, 0.5) is 0 Å². The average molecular weight is 1020 g/mol. The van der Waals surface area contributed by atoms with E-state index in [1.807, 2.05) is 131 Å². The Kier molecular flexibility index (Phi) is 11.6. The lowest BCUT2D eigenvalue weighted by Crippen LogP contribution is -2.31. The lowest BCUT2D eigenvalue weighted by atomic mass is 9.95. The zero-order valence-electron chi connectivity index (χ0n) is 42.5. The van der Waals surface area contributed by atoms with Crippen LogP contribution < -0.4 is 41.3 Å². The minimum atomic E-state index is -3.27. The van der Waals surface area contributed by atoms with Crippen molar-refractivity contribution in [3.63, 3.8) is 0 Å². The Bertz CT molecular complexity index is 3870. The van der Waals surface area contributed by atoms with Crippen LogP contribution in [0.25, 0.3) is 67.0 Å². The van der Waals surface area contributed by atoms with Gasteiger partial charge in [0.25, 0.3) is 0 Å². The van der Waals surface area contributed by atoms with Gasteiger partial charge in [0.15, 0.2) is 14.3 Å². The number of hydrogen-bond acceptors (Lipinski definition) is 5. The SMILES string of the molecule is Cc1ccc2c(c1)P(=O)(c1ccc(-c3cccc(-c4cc(-c5ccc(-c6ccccc6)cc5)cc(-c5cccc(-c6ccc(P7(=O)c8cc(C)ccc8Oc8ccc(C)cc87)cc6)c5)n4)c3)cc1)c1cc(C)ccc1O2. The standard InChI is InChI=1S/C69H51NO4P2/c1-44-16-32-62-66(36-44)75(71,67-37-45(2)17-33-63(67)73-62)58-28-24-50(25-29-58)53-12-8-14-55(40-53)60-42-57(52-22-20-49(21-23-52)48-10-6-5-7-11-48)43-61(70-60)56-15-9-13-54(41-56)51-26-30-59(31-27-51)76(72)68-38-46(3)18-34-64(68)74-65-35-19-47(4)39-69(65)76/h5-43H,1-4H3. The minimum Gasteiger partial charge on any atom is -0.456 e. The summed E-state index contributed by atoms with van der Waals surface area (Å²) < 4.78 is 43.9. The molecule has 1 aromatic heterocycles. The highest BCUT2D eigenvalue weighted by molar-refractivity contribution is 7.86. The summed E-state index contributed by atoms with van der Waals surface area (Å²) >= 11 is 0. The number of hydrogen-bond donors (Lipinski definition) is 0. The van der Waals surface area contributed by atoms with Crippen LogP contribution in [0.1, 0.15) is 22.3 Å². The molecule has 5 nitrogen and oxygen atoms in total. The van der Waals surface area contributed by atoms with E-state index in [1.54, 1.807) is 0 Å². The van der Waals surface area contributed by atoms with Crippen LogP contribution in [-0.4, -0.2) is 4.98 Å². The molecule has 0 spiro atoms. The Labute approximate surface area is 443 Å². The third-order valence-electron chi connectivity index (χ3n) is 14.9. The maximum Gasteiger partial charge on any atom is 0.178 e. The van der Waals surface area contributed by atoms with Crippen molar-refractivity contribution in [3.05, 3.63) is 259 Å². The lowest BCUT2D eigenvalue weighted by Gasteiger charge is -2.29. The van der Waals surface area contributed by atoms with Crippen molar-refractivity contribution in [1.29, 1.82) is 0 Å². The zero-order valence-corrected chi connectivity index (χ0v) is 44.3. The van der Waals surface area contributed by atoms with Crippen molar-refractivity contribution >= 4 is 46.1 Å². The number of ether oxygens (including phenoxy) is 2. The Morgan fingerprint density at radius 1 is 0.276 bits per heavy atom. The Morgan fingerprint density at radius 3 is 0.961 bits per heavy atom. The van der Waals surface area contributed by atoms with Crippen LogP contribution in [0.2, 0.25) is 0 Å². The quantitative estimate of drug-likeness (QED) is 0.142. The highest BCUT2D eigenvalue weighted by Gasteiger charge is 2.41. The minimum absolute atomic E-state index is 0.637. The van der Waals surface area contributed by atoms with Gasteiger partial charge in [0, 0.05) is 21.7 Å². The maximum atomic E-state index is 15.6. The molecule has 0 N–H and O–H groups in total. The van der Waals surface area contributed by atoms with Crippen molar-refractivity contribution in [1.82, 2.24) is 4.98 Å². The highest BCUT2D eigenvalue weighted by Crippen LogP contribution is 2.53. The first kappa shape index (κ1) is 47.1. The maximum absolute atomic E-state index is 15.6. The molecule has 0 saturated heterocycles. The van der Waals surface area contributed by atoms with Gasteiger partial charge in [-0.25, -0.2) is 4.98 Å². The van der Waals surface area contributed by atoms with E-state index in [4.69, 9.17) is 14.5 Å². The summed E-state index contributed by atoms with van der Waals surface area (Å²) in [5.74, 6) is 2.55. The van der Waals surface area contributed by atoms with E-state index in [-0.39, 0.29) is 0 Å². The second-order valence-electron chi connectivity index (χ2n) is 20.1. The predicted octanol–water partition coefficient (Wildman–Crippen LogP) is 15.8. The van der Waals surface area contributed by atoms with E-state index in [0.29, 0.717) is 23.0 Å². The van der Waals surface area contributed by atoms with Gasteiger partial charge in [-0.1, -0.05) is 186 Å². The summed E-state index contributed by atoms with van der Waals surface area (Å²) in [5, 5.41) is 4.45. The van der Waals surface area contributed by atoms with Crippen molar-refractivity contribution < 1.29 is 18.6 Å². The molecule has 10 aromatic carbocycles. The fourth-order valence-electron chi connectivity index (χ4n) is 10.8. The number of rotatable bonds is 8. The second-order valence-corrected chi connectivity index (χ2v) is 25.5. The Morgan fingerprint density at radius 2 is 0.579 bits per heavy atom. The summed E-state index contributed by atoms with van der Waals surface area (Å²) in [5.41, 5.74) is 16.2. The summed E-state index contributed by atoms with van der Waals surface area (Å²) in [7, 11) is -6.54. The van der Waals surface area contributed by atoms with Gasteiger partial charge in [-0.2, -0.15) is 0 Å². The lowest BCUT2D eigenvalue weighted by molar-refractivity contribution is 0.484. The highest BCUT2D eigenvalue weighted by atomic mass is 31.2. The summed E-state index contributed by atoms with van der Waals surface area (Å²) in [4.78, 5) is 5.42. The molecule has 76 heavy (non-hydrogen) atoms. The number of pyridine rings is 1. The van der Waals surface area contributed by atoms with Gasteiger partial charge in [-0.15, -0.1) is 0 Å². The molecule has 366 valence electrons. The van der Waals surface area contributed by atoms with Crippen LogP contribution in [-0.2, 0) is 9.13 Å². The van der Waals surface area contributed by atoms with E-state index in [0.717, 1.165) is 116 Å². The number of fused-ring (bicyclic) bond motifs is 4. The molecule has 0 unspecified atom stereocenters. The van der Waals surface area contributed by atoms with E-state index >= 15 is 9.13 Å². The Balaban J connectivity index is 0.870. The first-order valence-electron chi connectivity index (χ1n) is 25.6. The number of benzene rings is 10. The molecule has 7 heteroatoms. The summed E-state index contributed by atoms with van der Waals surface area (Å²) in [6, 6.07) is 80.8. The van der Waals surface area contributed by atoms with Gasteiger partial charge in [0.1, 0.15) is 23.0 Å². The number of aryl methyl sites for hydroxylation is 4. The van der Waals surface area contributed by atoms with Gasteiger partial charge in [-0.3, -0.25) is 0 Å². The molecule has 0 bridgehead atoms. The van der Waals surface area contributed by atoms with Crippen molar-refractivity contribution in [2.75, 3.05) is 0 Å². The molecule has 2 aliphatic heterocycles. The largest absolute Gasteiger partial charge is 0.456 e. The van der Waals surface area contributed by atoms with Gasteiger partial charge in [0.05, 0.1) is 32.6 Å². The van der Waals surface area contributed by atoms with E-state index < -0.39 is 14.3 Å². The van der Waals surface area contributed by atoms with Crippen molar-refractivity contribution in [2.24, 2.45) is 0 Å². The zero-order chi connectivity index (χ0) is 51.7. The first-order chi connectivity index (χ1) is 37.0. The smallest absolute Gasteiger partial charge is 0.178 e. The molecule has 13 rings (SSSR count). The molecule has 0 saturated carbocycles. The van der Waals surface area contributed by atoms with Crippen LogP contribution in [0.3, 0.4) is 0 Å². The molecule has 0 atom stereocenters. The molecular weight excluding hydrogens is 969 g/mol. The summed E-state index contributed by atoms with van der Waals surface area (Å²) in [6.45, 7) is 8.11. The fraction of sp³-hybridized carbons (Fsp3) is 0.0580. The third kappa shape index (κ3) is 8.25. The van der Waals surface area contributed by atoms with E-state index in [2.05, 4.69) is 133 Å². The van der Waals surface area contributed by atoms with Crippen LogP contribution in [0.15, 0.2) is 237 Å². The summed E-state index contributed by atoms with van der Waals surface area (Å²) in [6.07, 6.45) is 0. The van der Waals surface area contributed by atoms with Gasteiger partial charge >= 0.3 is 0 Å². The molecule has 11 aromatic rings. The molecule has 2 aliphatic rings. The van der Waals surface area contributed by atoms with Gasteiger partial charge in [-0.05, 0) is 145 Å². The van der Waals surface area contributed by atoms with Crippen LogP contribution >= 0.6 is 14.3 Å². The van der Waals surface area contributed by atoms with Crippen molar-refractivity contribution in [2.45, 2.75) is 27.7 Å². The second kappa shape index (κ2) is 18.7. The first-order valence-corrected chi connectivity index (χ1v) is 29.0. The number of nitrogens with zero attached hydrogens (tertiary/aromatic N) is 1. The third-order valence-corrected chi connectivity index (χ3v) is 21.0. The normalized spacial score (nSPS) is 13.5. The van der Waals surface area contributed by atoms with Crippen LogP contribution in [0, 0.1) is 27.7 Å². The average Bonchev–Trinajstić information content (AvgIpc) is 3.56. The predicted molar refractivity (Wildman–Crippen MR) is 315 cm³/mol. The van der Waals surface area contributed by atoms with E-state index in [1.165, 1.54) is 5.56 Å². The fourth-order valence-corrected chi connectivity index (χ4v) is 16.8. The topological polar surface area (TPSA) is 65.5 Å². The number of aromatic nitrogens is 1. The van der Waals surface area contributed by atoms with Crippen molar-refractivity contribution in [3.8, 4) is 90.0 Å². The van der Waals surface area contributed by atoms with Gasteiger partial charge in [0.2, 0.25) is 0 Å². The monoisotopic (exact) mass is 1020 g/mol. The van der Waals surface area contributed by atoms with Crippen LogP contribution in [0.5, 0.6) is 23.0 Å². The molecule has 0 radical (unpaired) electrons. The molecule has 0 aliphatic carbocycles. The van der Waals surface area contributed by atoms with Gasteiger partial charge < -0.3 is 18.6 Å². The molecule has 0 fully saturated rings. The molecule has 0 amide bonds. The molecular formula is C69H51NO4P2.